The van der Waals surface area contributed by atoms with Crippen LogP contribution in [0, 0.1) is 6.92 Å². The molecule has 0 unspecified atom stereocenters. The summed E-state index contributed by atoms with van der Waals surface area (Å²) in [5, 5.41) is 6.73. The standard InChI is InChI=1S/C22H29N5O.HI/c1-4-23-22(25-16-18-10-6-9-13-21(18)28-5-2)24-14-15-27-17(3)26-19-11-7-8-12-20(19)27;/h6-13H,4-5,14-16H2,1-3H3,(H2,23,24,25);1H. The third-order valence-corrected chi connectivity index (χ3v) is 4.50. The quantitative estimate of drug-likeness (QED) is 0.274. The van der Waals surface area contributed by atoms with Gasteiger partial charge in [-0.2, -0.15) is 0 Å². The van der Waals surface area contributed by atoms with Crippen molar-refractivity contribution in [3.05, 3.63) is 59.9 Å². The SMILES string of the molecule is CCNC(=NCc1ccccc1OCC)NCCn1c(C)nc2ccccc21.I. The van der Waals surface area contributed by atoms with E-state index in [9.17, 15) is 0 Å². The average Bonchev–Trinajstić information content (AvgIpc) is 3.02. The number of hydrogen-bond acceptors (Lipinski definition) is 3. The fourth-order valence-corrected chi connectivity index (χ4v) is 3.20. The van der Waals surface area contributed by atoms with E-state index in [2.05, 4.69) is 45.3 Å². The molecule has 0 bridgehead atoms. The van der Waals surface area contributed by atoms with Crippen LogP contribution in [0.5, 0.6) is 5.75 Å². The molecular weight excluding hydrogens is 477 g/mol. The summed E-state index contributed by atoms with van der Waals surface area (Å²) in [7, 11) is 0. The number of aromatic nitrogens is 2. The first-order valence-corrected chi connectivity index (χ1v) is 9.87. The summed E-state index contributed by atoms with van der Waals surface area (Å²) in [5.41, 5.74) is 3.28. The fourth-order valence-electron chi connectivity index (χ4n) is 3.20. The van der Waals surface area contributed by atoms with Crippen molar-refractivity contribution in [2.24, 2.45) is 4.99 Å². The van der Waals surface area contributed by atoms with Crippen molar-refractivity contribution in [3.8, 4) is 5.75 Å². The summed E-state index contributed by atoms with van der Waals surface area (Å²) >= 11 is 0. The number of rotatable bonds is 8. The van der Waals surface area contributed by atoms with E-state index in [0.717, 1.165) is 53.8 Å². The number of halogens is 1. The summed E-state index contributed by atoms with van der Waals surface area (Å²) in [5.74, 6) is 2.72. The molecule has 6 nitrogen and oxygen atoms in total. The first kappa shape index (κ1) is 23.0. The van der Waals surface area contributed by atoms with Crippen molar-refractivity contribution in [1.29, 1.82) is 0 Å². The Morgan fingerprint density at radius 2 is 1.83 bits per heavy atom. The highest BCUT2D eigenvalue weighted by Crippen LogP contribution is 2.18. The Hall–Kier alpha value is -2.29. The van der Waals surface area contributed by atoms with Gasteiger partial charge in [0.15, 0.2) is 5.96 Å². The topological polar surface area (TPSA) is 63.5 Å². The third kappa shape index (κ3) is 6.09. The number of nitrogens with one attached hydrogen (secondary N) is 2. The number of para-hydroxylation sites is 3. The van der Waals surface area contributed by atoms with Crippen LogP contribution in [0.3, 0.4) is 0 Å². The van der Waals surface area contributed by atoms with E-state index in [-0.39, 0.29) is 24.0 Å². The third-order valence-electron chi connectivity index (χ3n) is 4.50. The molecule has 1 heterocycles. The molecule has 7 heteroatoms. The fraction of sp³-hybridized carbons (Fsp3) is 0.364. The van der Waals surface area contributed by atoms with Gasteiger partial charge in [-0.1, -0.05) is 30.3 Å². The first-order chi connectivity index (χ1) is 13.7. The van der Waals surface area contributed by atoms with Gasteiger partial charge >= 0.3 is 0 Å². The number of nitrogens with zero attached hydrogens (tertiary/aromatic N) is 3. The molecule has 0 fully saturated rings. The number of ether oxygens (including phenoxy) is 1. The zero-order valence-electron chi connectivity index (χ0n) is 17.3. The van der Waals surface area contributed by atoms with Crippen molar-refractivity contribution in [2.45, 2.75) is 33.9 Å². The number of guanidine groups is 1. The van der Waals surface area contributed by atoms with Gasteiger partial charge in [-0.3, -0.25) is 0 Å². The summed E-state index contributed by atoms with van der Waals surface area (Å²) in [6, 6.07) is 16.3. The predicted octanol–water partition coefficient (Wildman–Crippen LogP) is 4.12. The maximum Gasteiger partial charge on any atom is 0.191 e. The summed E-state index contributed by atoms with van der Waals surface area (Å²) in [6.07, 6.45) is 0. The van der Waals surface area contributed by atoms with Crippen LogP contribution in [0.4, 0.5) is 0 Å². The summed E-state index contributed by atoms with van der Waals surface area (Å²) < 4.78 is 7.93. The molecule has 0 atom stereocenters. The molecule has 0 spiro atoms. The van der Waals surface area contributed by atoms with E-state index < -0.39 is 0 Å². The van der Waals surface area contributed by atoms with Crippen molar-refractivity contribution in [3.63, 3.8) is 0 Å². The Kier molecular flexibility index (Phi) is 9.24. The Balaban J connectivity index is 0.00000300. The maximum absolute atomic E-state index is 5.69. The second kappa shape index (κ2) is 11.6. The van der Waals surface area contributed by atoms with E-state index in [1.54, 1.807) is 0 Å². The normalized spacial score (nSPS) is 11.2. The van der Waals surface area contributed by atoms with Gasteiger partial charge in [0, 0.05) is 25.2 Å². The van der Waals surface area contributed by atoms with Crippen LogP contribution in [0.2, 0.25) is 0 Å². The van der Waals surface area contributed by atoms with Gasteiger partial charge in [0.2, 0.25) is 0 Å². The summed E-state index contributed by atoms with van der Waals surface area (Å²) in [4.78, 5) is 9.35. The monoisotopic (exact) mass is 507 g/mol. The molecule has 0 saturated carbocycles. The molecule has 0 aliphatic carbocycles. The Bertz CT molecular complexity index is 938. The predicted molar refractivity (Wildman–Crippen MR) is 130 cm³/mol. The molecule has 2 N–H and O–H groups in total. The molecule has 0 radical (unpaired) electrons. The minimum Gasteiger partial charge on any atom is -0.494 e. The largest absolute Gasteiger partial charge is 0.494 e. The lowest BCUT2D eigenvalue weighted by molar-refractivity contribution is 0.336. The van der Waals surface area contributed by atoms with Crippen molar-refractivity contribution < 1.29 is 4.74 Å². The molecule has 1 aromatic heterocycles. The Labute approximate surface area is 189 Å². The first-order valence-electron chi connectivity index (χ1n) is 9.87. The zero-order chi connectivity index (χ0) is 19.8. The van der Waals surface area contributed by atoms with Crippen molar-refractivity contribution in [1.82, 2.24) is 20.2 Å². The second-order valence-corrected chi connectivity index (χ2v) is 6.46. The van der Waals surface area contributed by atoms with Crippen LogP contribution in [0.1, 0.15) is 25.2 Å². The smallest absolute Gasteiger partial charge is 0.191 e. The van der Waals surface area contributed by atoms with E-state index in [0.29, 0.717) is 13.2 Å². The van der Waals surface area contributed by atoms with Gasteiger partial charge in [0.05, 0.1) is 24.2 Å². The molecule has 0 saturated heterocycles. The molecule has 2 aromatic carbocycles. The van der Waals surface area contributed by atoms with Crippen LogP contribution in [0.15, 0.2) is 53.5 Å². The number of aryl methyl sites for hydroxylation is 1. The number of hydrogen-bond donors (Lipinski definition) is 2. The average molecular weight is 507 g/mol. The molecule has 0 amide bonds. The Morgan fingerprint density at radius 1 is 1.07 bits per heavy atom. The van der Waals surface area contributed by atoms with Crippen LogP contribution in [0.25, 0.3) is 11.0 Å². The summed E-state index contributed by atoms with van der Waals surface area (Å²) in [6.45, 7) is 9.73. The maximum atomic E-state index is 5.69. The molecular formula is C22H30IN5O. The highest BCUT2D eigenvalue weighted by atomic mass is 127. The number of fused-ring (bicyclic) bond motifs is 1. The number of benzene rings is 2. The van der Waals surface area contributed by atoms with E-state index in [1.165, 1.54) is 0 Å². The molecule has 29 heavy (non-hydrogen) atoms. The van der Waals surface area contributed by atoms with E-state index in [1.807, 2.05) is 44.2 Å². The number of aliphatic imine (C=N–C) groups is 1. The van der Waals surface area contributed by atoms with Crippen LogP contribution < -0.4 is 15.4 Å². The van der Waals surface area contributed by atoms with Crippen molar-refractivity contribution >= 4 is 41.0 Å². The van der Waals surface area contributed by atoms with Gasteiger partial charge in [0.25, 0.3) is 0 Å². The molecule has 0 aliphatic rings. The second-order valence-electron chi connectivity index (χ2n) is 6.46. The van der Waals surface area contributed by atoms with Crippen molar-refractivity contribution in [2.75, 3.05) is 19.7 Å². The van der Waals surface area contributed by atoms with Gasteiger partial charge in [-0.15, -0.1) is 24.0 Å². The Morgan fingerprint density at radius 3 is 2.62 bits per heavy atom. The minimum absolute atomic E-state index is 0. The molecule has 3 rings (SSSR count). The molecule has 3 aromatic rings. The number of imidazole rings is 1. The van der Waals surface area contributed by atoms with Crippen LogP contribution >= 0.6 is 24.0 Å². The lowest BCUT2D eigenvalue weighted by Crippen LogP contribution is -2.38. The van der Waals surface area contributed by atoms with Gasteiger partial charge < -0.3 is 19.9 Å². The van der Waals surface area contributed by atoms with Crippen LogP contribution in [-0.4, -0.2) is 35.2 Å². The van der Waals surface area contributed by atoms with Gasteiger partial charge in [-0.05, 0) is 39.0 Å². The molecule has 0 aliphatic heterocycles. The van der Waals surface area contributed by atoms with Gasteiger partial charge in [-0.25, -0.2) is 9.98 Å². The van der Waals surface area contributed by atoms with Crippen LogP contribution in [-0.2, 0) is 13.1 Å². The zero-order valence-corrected chi connectivity index (χ0v) is 19.6. The van der Waals surface area contributed by atoms with E-state index in [4.69, 9.17) is 9.73 Å². The highest BCUT2D eigenvalue weighted by Gasteiger charge is 2.07. The van der Waals surface area contributed by atoms with E-state index >= 15 is 0 Å². The minimum atomic E-state index is 0. The lowest BCUT2D eigenvalue weighted by atomic mass is 10.2. The van der Waals surface area contributed by atoms with Gasteiger partial charge in [0.1, 0.15) is 11.6 Å². The highest BCUT2D eigenvalue weighted by molar-refractivity contribution is 14.0. The molecule has 156 valence electrons. The lowest BCUT2D eigenvalue weighted by Gasteiger charge is -2.13.